The van der Waals surface area contributed by atoms with E-state index in [0.29, 0.717) is 0 Å². The lowest BCUT2D eigenvalue weighted by Gasteiger charge is -2.26. The summed E-state index contributed by atoms with van der Waals surface area (Å²) in [6.45, 7) is 14.4. The molecule has 0 amide bonds. The summed E-state index contributed by atoms with van der Waals surface area (Å²) in [5, 5.41) is 5.16. The van der Waals surface area contributed by atoms with Gasteiger partial charge in [-0.05, 0) is 169 Å². The van der Waals surface area contributed by atoms with Crippen molar-refractivity contribution in [3.8, 4) is 77.9 Å². The molecule has 0 fully saturated rings. The highest BCUT2D eigenvalue weighted by molar-refractivity contribution is 6.23. The van der Waals surface area contributed by atoms with E-state index in [9.17, 15) is 0 Å². The Morgan fingerprint density at radius 1 is 0.215 bits per heavy atom. The molecule has 0 heterocycles. The van der Waals surface area contributed by atoms with Crippen molar-refractivity contribution in [2.24, 2.45) is 0 Å². The van der Waals surface area contributed by atoms with Crippen LogP contribution in [0.2, 0.25) is 0 Å². The van der Waals surface area contributed by atoms with Crippen molar-refractivity contribution in [1.29, 1.82) is 0 Å². The summed E-state index contributed by atoms with van der Waals surface area (Å²) in [4.78, 5) is 0. The van der Waals surface area contributed by atoms with Crippen LogP contribution in [-0.4, -0.2) is 0 Å². The standard InChI is InChI=1S/C65H50/c1-63(2)55-24-13-10-21-45(55)48-30-28-43(35-58(48)63)61-50-32-27-42(41-20-16-19-40(33-41)39-17-8-7-9-18-39)34-52(50)62(44-29-31-49-46-22-11-14-25-56(46)64(3,4)59(49)36-44)54-38-60-51(37-53(54)61)47-23-12-15-26-57(47)65(60,5)6/h7-38H,1-6H3. The Morgan fingerprint density at radius 2 is 0.600 bits per heavy atom. The van der Waals surface area contributed by atoms with Crippen LogP contribution in [0.1, 0.15) is 74.9 Å². The van der Waals surface area contributed by atoms with Crippen LogP contribution in [0.5, 0.6) is 0 Å². The van der Waals surface area contributed by atoms with E-state index in [1.165, 1.54) is 133 Å². The Hall–Kier alpha value is -7.28. The topological polar surface area (TPSA) is 0 Å². The molecule has 0 saturated heterocycles. The lowest BCUT2D eigenvalue weighted by Crippen LogP contribution is -2.15. The van der Waals surface area contributed by atoms with E-state index >= 15 is 0 Å². The monoisotopic (exact) mass is 830 g/mol. The highest BCUT2D eigenvalue weighted by Crippen LogP contribution is 2.56. The van der Waals surface area contributed by atoms with Crippen LogP contribution >= 0.6 is 0 Å². The van der Waals surface area contributed by atoms with Gasteiger partial charge in [-0.1, -0.05) is 199 Å². The van der Waals surface area contributed by atoms with Gasteiger partial charge in [-0.2, -0.15) is 0 Å². The minimum Gasteiger partial charge on any atom is -0.0622 e. The van der Waals surface area contributed by atoms with E-state index in [4.69, 9.17) is 0 Å². The zero-order valence-corrected chi connectivity index (χ0v) is 38.0. The van der Waals surface area contributed by atoms with Gasteiger partial charge in [0.05, 0.1) is 0 Å². The van der Waals surface area contributed by atoms with E-state index in [0.717, 1.165) is 0 Å². The molecule has 310 valence electrons. The van der Waals surface area contributed by atoms with E-state index in [1.807, 2.05) is 0 Å². The van der Waals surface area contributed by atoms with Gasteiger partial charge >= 0.3 is 0 Å². The molecular formula is C65H50. The van der Waals surface area contributed by atoms with Crippen molar-refractivity contribution in [1.82, 2.24) is 0 Å². The first kappa shape index (κ1) is 38.2. The summed E-state index contributed by atoms with van der Waals surface area (Å²) in [6.07, 6.45) is 0. The fourth-order valence-electron chi connectivity index (χ4n) is 12.5. The van der Waals surface area contributed by atoms with Gasteiger partial charge in [-0.3, -0.25) is 0 Å². The average molecular weight is 831 g/mol. The van der Waals surface area contributed by atoms with Gasteiger partial charge < -0.3 is 0 Å². The van der Waals surface area contributed by atoms with E-state index in [2.05, 4.69) is 236 Å². The molecule has 65 heavy (non-hydrogen) atoms. The van der Waals surface area contributed by atoms with Crippen LogP contribution in [0.3, 0.4) is 0 Å². The van der Waals surface area contributed by atoms with Gasteiger partial charge in [0.15, 0.2) is 0 Å². The maximum Gasteiger partial charge on any atom is 0.0159 e. The molecule has 3 aliphatic rings. The van der Waals surface area contributed by atoms with Gasteiger partial charge in [0.1, 0.15) is 0 Å². The number of hydrogen-bond donors (Lipinski definition) is 0. The summed E-state index contributed by atoms with van der Waals surface area (Å²) in [5.41, 5.74) is 26.1. The molecule has 0 aliphatic heterocycles. The van der Waals surface area contributed by atoms with E-state index in [-0.39, 0.29) is 16.2 Å². The molecule has 13 rings (SSSR count). The maximum atomic E-state index is 2.59. The zero-order valence-electron chi connectivity index (χ0n) is 38.0. The predicted molar refractivity (Wildman–Crippen MR) is 276 cm³/mol. The number of hydrogen-bond acceptors (Lipinski definition) is 0. The first-order chi connectivity index (χ1) is 31.5. The first-order valence-corrected chi connectivity index (χ1v) is 23.3. The second-order valence-electron chi connectivity index (χ2n) is 20.4. The van der Waals surface area contributed by atoms with Crippen molar-refractivity contribution in [3.05, 3.63) is 228 Å². The van der Waals surface area contributed by atoms with Crippen LogP contribution in [0.15, 0.2) is 194 Å². The van der Waals surface area contributed by atoms with E-state index < -0.39 is 0 Å². The molecule has 0 heteroatoms. The minimum absolute atomic E-state index is 0.122. The molecule has 0 radical (unpaired) electrons. The van der Waals surface area contributed by atoms with Crippen molar-refractivity contribution in [3.63, 3.8) is 0 Å². The Bertz CT molecular complexity index is 3670. The van der Waals surface area contributed by atoms with Crippen LogP contribution in [-0.2, 0) is 16.2 Å². The third-order valence-corrected chi connectivity index (χ3v) is 15.9. The SMILES string of the molecule is CC1(C)c2ccccc2-c2ccc(-c3c4ccc(-c5cccc(-c6ccccc6)c5)cc4c(-c4ccc5c(c4)C(C)(C)c4ccccc4-5)c4cc5c(cc34)-c3ccccc3C5(C)C)cc21. The van der Waals surface area contributed by atoms with Crippen LogP contribution in [0, 0.1) is 0 Å². The van der Waals surface area contributed by atoms with Gasteiger partial charge in [-0.25, -0.2) is 0 Å². The van der Waals surface area contributed by atoms with Crippen LogP contribution in [0.25, 0.3) is 99.4 Å². The normalized spacial score (nSPS) is 15.3. The second-order valence-corrected chi connectivity index (χ2v) is 20.4. The fraction of sp³-hybridized carbons (Fsp3) is 0.138. The van der Waals surface area contributed by atoms with Gasteiger partial charge in [0, 0.05) is 16.2 Å². The molecule has 10 aromatic carbocycles. The summed E-state index contributed by atoms with van der Waals surface area (Å²) in [5.74, 6) is 0. The van der Waals surface area contributed by atoms with Gasteiger partial charge in [0.2, 0.25) is 0 Å². The summed E-state index contributed by atoms with van der Waals surface area (Å²) in [6, 6.07) is 74.1. The fourth-order valence-corrected chi connectivity index (χ4v) is 12.5. The maximum absolute atomic E-state index is 2.59. The zero-order chi connectivity index (χ0) is 44.0. The minimum atomic E-state index is -0.156. The molecule has 0 spiro atoms. The van der Waals surface area contributed by atoms with Crippen molar-refractivity contribution < 1.29 is 0 Å². The third kappa shape index (κ3) is 5.32. The second kappa shape index (κ2) is 13.4. The first-order valence-electron chi connectivity index (χ1n) is 23.3. The average Bonchev–Trinajstić information content (AvgIpc) is 3.81. The van der Waals surface area contributed by atoms with Crippen molar-refractivity contribution in [2.75, 3.05) is 0 Å². The summed E-state index contributed by atoms with van der Waals surface area (Å²) >= 11 is 0. The van der Waals surface area contributed by atoms with Gasteiger partial charge in [-0.15, -0.1) is 0 Å². The Kier molecular flexibility index (Phi) is 7.86. The number of rotatable bonds is 4. The highest BCUT2D eigenvalue weighted by atomic mass is 14.4. The van der Waals surface area contributed by atoms with Gasteiger partial charge in [0.25, 0.3) is 0 Å². The summed E-state index contributed by atoms with van der Waals surface area (Å²) in [7, 11) is 0. The van der Waals surface area contributed by atoms with Crippen LogP contribution in [0.4, 0.5) is 0 Å². The van der Waals surface area contributed by atoms with Crippen molar-refractivity contribution in [2.45, 2.75) is 57.8 Å². The van der Waals surface area contributed by atoms with E-state index in [1.54, 1.807) is 0 Å². The quantitative estimate of drug-likeness (QED) is 0.155. The Labute approximate surface area is 382 Å². The lowest BCUT2D eigenvalue weighted by atomic mass is 9.77. The molecule has 0 bridgehead atoms. The van der Waals surface area contributed by atoms with Crippen LogP contribution < -0.4 is 0 Å². The highest BCUT2D eigenvalue weighted by Gasteiger charge is 2.39. The Balaban J connectivity index is 1.15. The predicted octanol–water partition coefficient (Wildman–Crippen LogP) is 17.6. The third-order valence-electron chi connectivity index (χ3n) is 15.9. The molecule has 0 N–H and O–H groups in total. The number of fused-ring (bicyclic) bond motifs is 11. The Morgan fingerprint density at radius 3 is 1.17 bits per heavy atom. The molecule has 3 aliphatic carbocycles. The molecule has 0 nitrogen and oxygen atoms in total. The number of benzene rings is 10. The molecule has 0 unspecified atom stereocenters. The molecule has 10 aromatic rings. The molecule has 0 aromatic heterocycles. The largest absolute Gasteiger partial charge is 0.0622 e. The lowest BCUT2D eigenvalue weighted by molar-refractivity contribution is 0.660. The van der Waals surface area contributed by atoms with Crippen molar-refractivity contribution >= 4 is 21.5 Å². The molecule has 0 saturated carbocycles. The molecule has 0 atom stereocenters. The summed E-state index contributed by atoms with van der Waals surface area (Å²) < 4.78 is 0. The molecular weight excluding hydrogens is 781 g/mol. The smallest absolute Gasteiger partial charge is 0.0159 e.